The number of carbonyl (C=O) groups excluding carboxylic acids is 1. The van der Waals surface area contributed by atoms with Crippen LogP contribution in [0.3, 0.4) is 0 Å². The number of fused-ring (bicyclic) bond motifs is 1. The Balaban J connectivity index is 1.35. The lowest BCUT2D eigenvalue weighted by Crippen LogP contribution is -2.37. The van der Waals surface area contributed by atoms with Crippen LogP contribution in [0.15, 0.2) is 60.7 Å². The first-order valence-corrected chi connectivity index (χ1v) is 11.7. The maximum absolute atomic E-state index is 13.6. The van der Waals surface area contributed by atoms with Gasteiger partial charge in [0.1, 0.15) is 11.6 Å². The van der Waals surface area contributed by atoms with E-state index in [0.29, 0.717) is 29.4 Å². The van der Waals surface area contributed by atoms with Crippen LogP contribution in [0.4, 0.5) is 20.3 Å². The molecule has 1 amide bonds. The van der Waals surface area contributed by atoms with Gasteiger partial charge in [0.2, 0.25) is 0 Å². The topological polar surface area (TPSA) is 73.1 Å². The summed E-state index contributed by atoms with van der Waals surface area (Å²) in [6, 6.07) is 16.9. The molecule has 8 heteroatoms. The Morgan fingerprint density at radius 2 is 1.77 bits per heavy atom. The lowest BCUT2D eigenvalue weighted by Gasteiger charge is -2.30. The van der Waals surface area contributed by atoms with Gasteiger partial charge in [-0.05, 0) is 86.9 Å². The van der Waals surface area contributed by atoms with Crippen LogP contribution in [-0.4, -0.2) is 47.2 Å². The normalized spacial score (nSPS) is 14.8. The molecule has 1 saturated heterocycles. The number of rotatable bonds is 6. The Hall–Kier alpha value is -3.78. The molecule has 5 rings (SSSR count). The summed E-state index contributed by atoms with van der Waals surface area (Å²) in [5.41, 5.74) is 3.49. The first-order chi connectivity index (χ1) is 16.9. The van der Waals surface area contributed by atoms with Crippen LogP contribution in [0, 0.1) is 11.6 Å². The highest BCUT2D eigenvalue weighted by Crippen LogP contribution is 2.26. The monoisotopic (exact) mass is 475 g/mol. The van der Waals surface area contributed by atoms with E-state index in [1.54, 1.807) is 6.07 Å². The Kier molecular flexibility index (Phi) is 6.46. The van der Waals surface area contributed by atoms with E-state index in [9.17, 15) is 13.6 Å². The number of hydrogen-bond donors (Lipinski definition) is 3. The van der Waals surface area contributed by atoms with E-state index >= 15 is 0 Å². The van der Waals surface area contributed by atoms with Crippen LogP contribution >= 0.6 is 0 Å². The molecule has 6 nitrogen and oxygen atoms in total. The van der Waals surface area contributed by atoms with Crippen LogP contribution in [0.2, 0.25) is 0 Å². The molecule has 0 atom stereocenters. The van der Waals surface area contributed by atoms with Gasteiger partial charge in [-0.3, -0.25) is 9.89 Å². The molecule has 0 bridgehead atoms. The quantitative estimate of drug-likeness (QED) is 0.359. The van der Waals surface area contributed by atoms with E-state index in [1.807, 2.05) is 36.4 Å². The number of nitrogens with zero attached hydrogens (tertiary/aromatic N) is 2. The summed E-state index contributed by atoms with van der Waals surface area (Å²) in [6.07, 6.45) is 2.40. The Morgan fingerprint density at radius 1 is 1.03 bits per heavy atom. The zero-order chi connectivity index (χ0) is 24.4. The molecule has 1 aliphatic rings. The van der Waals surface area contributed by atoms with Gasteiger partial charge in [-0.15, -0.1) is 0 Å². The second kappa shape index (κ2) is 9.84. The third-order valence-corrected chi connectivity index (χ3v) is 6.44. The molecule has 180 valence electrons. The minimum absolute atomic E-state index is 0.257. The molecule has 0 spiro atoms. The van der Waals surface area contributed by atoms with Crippen molar-refractivity contribution in [2.24, 2.45) is 0 Å². The Morgan fingerprint density at radius 3 is 2.54 bits per heavy atom. The van der Waals surface area contributed by atoms with Gasteiger partial charge in [-0.25, -0.2) is 8.78 Å². The molecule has 0 saturated carbocycles. The molecule has 1 fully saturated rings. The molecule has 1 aliphatic heterocycles. The number of carbonyl (C=O) groups is 1. The van der Waals surface area contributed by atoms with Crippen LogP contribution < -0.4 is 10.6 Å². The van der Waals surface area contributed by atoms with E-state index in [-0.39, 0.29) is 5.91 Å². The number of aromatic amines is 1. The van der Waals surface area contributed by atoms with Crippen LogP contribution in [0.25, 0.3) is 10.9 Å². The van der Waals surface area contributed by atoms with Gasteiger partial charge in [0.25, 0.3) is 5.91 Å². The Labute approximate surface area is 202 Å². The van der Waals surface area contributed by atoms with E-state index in [1.165, 1.54) is 12.1 Å². The number of amides is 1. The standard InChI is InChI=1S/C27H27F2N5O/c1-34-10-8-21(9-11-34)30-24-5-3-2-4-22(24)27(35)31-26-23-15-17(6-7-25(23)32-33-26)12-18-13-19(28)16-20(29)14-18/h2-7,13-16,21,30H,8-12H2,1H3,(H2,31,32,33,35). The molecule has 35 heavy (non-hydrogen) atoms. The smallest absolute Gasteiger partial charge is 0.258 e. The molecule has 0 unspecified atom stereocenters. The summed E-state index contributed by atoms with van der Waals surface area (Å²) in [5, 5.41) is 14.4. The lowest BCUT2D eigenvalue weighted by molar-refractivity contribution is 0.102. The van der Waals surface area contributed by atoms with E-state index in [4.69, 9.17) is 0 Å². The first kappa shape index (κ1) is 23.0. The molecule has 3 N–H and O–H groups in total. The van der Waals surface area contributed by atoms with Gasteiger partial charge in [0.05, 0.1) is 11.1 Å². The highest BCUT2D eigenvalue weighted by molar-refractivity contribution is 6.10. The molecule has 3 aromatic carbocycles. The summed E-state index contributed by atoms with van der Waals surface area (Å²) in [5.74, 6) is -1.06. The third-order valence-electron chi connectivity index (χ3n) is 6.44. The van der Waals surface area contributed by atoms with Crippen molar-refractivity contribution in [2.45, 2.75) is 25.3 Å². The van der Waals surface area contributed by atoms with Crippen molar-refractivity contribution < 1.29 is 13.6 Å². The van der Waals surface area contributed by atoms with Gasteiger partial charge in [-0.1, -0.05) is 18.2 Å². The highest BCUT2D eigenvalue weighted by Gasteiger charge is 2.20. The fourth-order valence-corrected chi connectivity index (χ4v) is 4.57. The zero-order valence-electron chi connectivity index (χ0n) is 19.4. The average Bonchev–Trinajstić information content (AvgIpc) is 3.22. The number of halogens is 2. The van der Waals surface area contributed by atoms with Gasteiger partial charge in [0, 0.05) is 23.2 Å². The number of benzene rings is 3. The third kappa shape index (κ3) is 5.33. The number of para-hydroxylation sites is 1. The second-order valence-electron chi connectivity index (χ2n) is 9.13. The van der Waals surface area contributed by atoms with E-state index in [2.05, 4.69) is 32.8 Å². The summed E-state index contributed by atoms with van der Waals surface area (Å²) in [4.78, 5) is 15.5. The minimum atomic E-state index is -0.607. The predicted octanol–water partition coefficient (Wildman–Crippen LogP) is 5.19. The van der Waals surface area contributed by atoms with Crippen molar-refractivity contribution in [2.75, 3.05) is 30.8 Å². The van der Waals surface area contributed by atoms with E-state index in [0.717, 1.165) is 54.2 Å². The fraction of sp³-hybridized carbons (Fsp3) is 0.259. The van der Waals surface area contributed by atoms with Gasteiger partial charge < -0.3 is 15.5 Å². The predicted molar refractivity (Wildman–Crippen MR) is 134 cm³/mol. The molecule has 1 aromatic heterocycles. The summed E-state index contributed by atoms with van der Waals surface area (Å²) < 4.78 is 27.2. The van der Waals surface area contributed by atoms with Crippen LogP contribution in [0.5, 0.6) is 0 Å². The number of H-pyrrole nitrogens is 1. The Bertz CT molecular complexity index is 1340. The van der Waals surface area contributed by atoms with Crippen LogP contribution in [-0.2, 0) is 6.42 Å². The van der Waals surface area contributed by atoms with Gasteiger partial charge in [0.15, 0.2) is 5.82 Å². The van der Waals surface area contributed by atoms with Crippen LogP contribution in [0.1, 0.15) is 34.3 Å². The second-order valence-corrected chi connectivity index (χ2v) is 9.13. The number of aromatic nitrogens is 2. The van der Waals surface area contributed by atoms with E-state index < -0.39 is 11.6 Å². The van der Waals surface area contributed by atoms with Gasteiger partial charge >= 0.3 is 0 Å². The van der Waals surface area contributed by atoms with Crippen molar-refractivity contribution in [1.82, 2.24) is 15.1 Å². The number of anilines is 2. The van der Waals surface area contributed by atoms with Crippen molar-refractivity contribution >= 4 is 28.3 Å². The average molecular weight is 476 g/mol. The number of hydrogen-bond acceptors (Lipinski definition) is 4. The fourth-order valence-electron chi connectivity index (χ4n) is 4.57. The molecular formula is C27H27F2N5O. The number of nitrogens with one attached hydrogen (secondary N) is 3. The molecule has 4 aromatic rings. The number of piperidine rings is 1. The molecule has 2 heterocycles. The molecular weight excluding hydrogens is 448 g/mol. The summed E-state index contributed by atoms with van der Waals surface area (Å²) in [7, 11) is 2.12. The SMILES string of the molecule is CN1CCC(Nc2ccccc2C(=O)Nc2n[nH]c3ccc(Cc4cc(F)cc(F)c4)cc23)CC1. The van der Waals surface area contributed by atoms with Gasteiger partial charge in [-0.2, -0.15) is 5.10 Å². The largest absolute Gasteiger partial charge is 0.382 e. The van der Waals surface area contributed by atoms with Crippen molar-refractivity contribution in [3.63, 3.8) is 0 Å². The summed E-state index contributed by atoms with van der Waals surface area (Å²) >= 11 is 0. The zero-order valence-corrected chi connectivity index (χ0v) is 19.4. The summed E-state index contributed by atoms with van der Waals surface area (Å²) in [6.45, 7) is 2.05. The first-order valence-electron chi connectivity index (χ1n) is 11.7. The maximum Gasteiger partial charge on any atom is 0.258 e. The van der Waals surface area contributed by atoms with Crippen molar-refractivity contribution in [3.05, 3.63) is 89.0 Å². The highest BCUT2D eigenvalue weighted by atomic mass is 19.1. The maximum atomic E-state index is 13.6. The lowest BCUT2D eigenvalue weighted by atomic mass is 10.0. The van der Waals surface area contributed by atoms with Crippen molar-refractivity contribution in [3.8, 4) is 0 Å². The molecule has 0 radical (unpaired) electrons. The van der Waals surface area contributed by atoms with Crippen molar-refractivity contribution in [1.29, 1.82) is 0 Å². The molecule has 0 aliphatic carbocycles. The number of likely N-dealkylation sites (tertiary alicyclic amines) is 1. The minimum Gasteiger partial charge on any atom is -0.382 e.